The maximum Gasteiger partial charge on any atom is 0.332 e. The molecule has 0 aromatic carbocycles. The molecule has 1 amide bonds. The van der Waals surface area contributed by atoms with E-state index in [-0.39, 0.29) is 12.5 Å². The molecule has 1 fully saturated rings. The van der Waals surface area contributed by atoms with Crippen LogP contribution < -0.4 is 0 Å². The number of carboxylic acid groups (broad SMARTS) is 1. The number of aliphatic hydroxyl groups is 1. The van der Waals surface area contributed by atoms with Gasteiger partial charge in [-0.25, -0.2) is 4.79 Å². The lowest BCUT2D eigenvalue weighted by molar-refractivity contribution is -0.155. The second kappa shape index (κ2) is 5.01. The Balaban J connectivity index is 2.52. The molecule has 1 heterocycles. The zero-order chi connectivity index (χ0) is 13.2. The Hall–Kier alpha value is -1.14. The van der Waals surface area contributed by atoms with Crippen molar-refractivity contribution in [3.63, 3.8) is 0 Å². The number of hydrogen-bond donors (Lipinski definition) is 2. The van der Waals surface area contributed by atoms with Crippen molar-refractivity contribution < 1.29 is 24.5 Å². The molecule has 2 unspecified atom stereocenters. The van der Waals surface area contributed by atoms with Crippen LogP contribution in [-0.4, -0.2) is 58.4 Å². The van der Waals surface area contributed by atoms with Gasteiger partial charge in [0, 0.05) is 13.6 Å². The Morgan fingerprint density at radius 3 is 2.29 bits per heavy atom. The molecule has 6 nitrogen and oxygen atoms in total. The van der Waals surface area contributed by atoms with Crippen molar-refractivity contribution in [3.05, 3.63) is 0 Å². The Kier molecular flexibility index (Phi) is 4.11. The number of rotatable bonds is 4. The molecule has 0 aliphatic carbocycles. The second-order valence-electron chi connectivity index (χ2n) is 5.04. The first kappa shape index (κ1) is 13.9. The third-order valence-corrected chi connectivity index (χ3v) is 2.57. The number of carboxylic acids is 1. The monoisotopic (exact) mass is 245 g/mol. The first-order chi connectivity index (χ1) is 7.70. The molecule has 6 heteroatoms. The van der Waals surface area contributed by atoms with E-state index >= 15 is 0 Å². The molecule has 0 aromatic rings. The summed E-state index contributed by atoms with van der Waals surface area (Å²) in [5.74, 6) is -1.32. The van der Waals surface area contributed by atoms with Crippen molar-refractivity contribution in [2.24, 2.45) is 0 Å². The van der Waals surface area contributed by atoms with Gasteiger partial charge >= 0.3 is 5.97 Å². The van der Waals surface area contributed by atoms with E-state index in [1.807, 2.05) is 0 Å². The van der Waals surface area contributed by atoms with Crippen molar-refractivity contribution in [3.8, 4) is 0 Å². The van der Waals surface area contributed by atoms with E-state index in [1.54, 1.807) is 20.9 Å². The van der Waals surface area contributed by atoms with Crippen LogP contribution in [0.25, 0.3) is 0 Å². The predicted molar refractivity (Wildman–Crippen MR) is 59.5 cm³/mol. The summed E-state index contributed by atoms with van der Waals surface area (Å²) in [6, 6.07) is 0. The molecule has 1 saturated heterocycles. The fraction of sp³-hybridized carbons (Fsp3) is 0.818. The first-order valence-electron chi connectivity index (χ1n) is 5.56. The summed E-state index contributed by atoms with van der Waals surface area (Å²) in [5.41, 5.74) is -0.977. The van der Waals surface area contributed by atoms with Crippen molar-refractivity contribution in [2.45, 2.75) is 44.5 Å². The highest BCUT2D eigenvalue weighted by molar-refractivity contribution is 5.82. The first-order valence-corrected chi connectivity index (χ1v) is 5.56. The van der Waals surface area contributed by atoms with Crippen LogP contribution in [0.15, 0.2) is 0 Å². The number of likely N-dealkylation sites (N-methyl/N-ethyl adjacent to an activating group) is 1. The van der Waals surface area contributed by atoms with E-state index in [2.05, 4.69) is 0 Å². The van der Waals surface area contributed by atoms with Crippen LogP contribution in [0.5, 0.6) is 0 Å². The quantitative estimate of drug-likeness (QED) is 0.719. The molecule has 2 atom stereocenters. The molecule has 0 radical (unpaired) electrons. The highest BCUT2D eigenvalue weighted by atomic mass is 16.5. The van der Waals surface area contributed by atoms with Crippen LogP contribution in [-0.2, 0) is 14.3 Å². The SMILES string of the molecule is CN(CC(C)(C)O)C(=O)C1CCC(C(=O)O)O1. The minimum Gasteiger partial charge on any atom is -0.479 e. The highest BCUT2D eigenvalue weighted by Gasteiger charge is 2.36. The van der Waals surface area contributed by atoms with Crippen LogP contribution in [0.3, 0.4) is 0 Å². The molecular weight excluding hydrogens is 226 g/mol. The fourth-order valence-corrected chi connectivity index (χ4v) is 1.90. The molecule has 1 aliphatic rings. The molecule has 17 heavy (non-hydrogen) atoms. The molecule has 0 aromatic heterocycles. The van der Waals surface area contributed by atoms with Crippen LogP contribution in [0.2, 0.25) is 0 Å². The van der Waals surface area contributed by atoms with E-state index in [0.29, 0.717) is 12.8 Å². The highest BCUT2D eigenvalue weighted by Crippen LogP contribution is 2.21. The Bertz CT molecular complexity index is 309. The van der Waals surface area contributed by atoms with Gasteiger partial charge in [0.2, 0.25) is 0 Å². The van der Waals surface area contributed by atoms with Crippen molar-refractivity contribution in [1.29, 1.82) is 0 Å². The van der Waals surface area contributed by atoms with E-state index in [9.17, 15) is 14.7 Å². The fourth-order valence-electron chi connectivity index (χ4n) is 1.90. The Labute approximate surface area is 100 Å². The minimum absolute atomic E-state index is 0.184. The van der Waals surface area contributed by atoms with Gasteiger partial charge in [-0.05, 0) is 26.7 Å². The predicted octanol–water partition coefficient (Wildman–Crippen LogP) is -0.152. The van der Waals surface area contributed by atoms with Gasteiger partial charge in [-0.2, -0.15) is 0 Å². The van der Waals surface area contributed by atoms with E-state index in [1.165, 1.54) is 4.90 Å². The van der Waals surface area contributed by atoms with Crippen LogP contribution in [0.4, 0.5) is 0 Å². The average Bonchev–Trinajstić information content (AvgIpc) is 2.62. The van der Waals surface area contributed by atoms with Gasteiger partial charge in [0.15, 0.2) is 6.10 Å². The van der Waals surface area contributed by atoms with Crippen molar-refractivity contribution in [2.75, 3.05) is 13.6 Å². The van der Waals surface area contributed by atoms with Crippen molar-refractivity contribution >= 4 is 11.9 Å². The van der Waals surface area contributed by atoms with Crippen LogP contribution in [0.1, 0.15) is 26.7 Å². The second-order valence-corrected chi connectivity index (χ2v) is 5.04. The largest absolute Gasteiger partial charge is 0.479 e. The molecule has 1 aliphatic heterocycles. The smallest absolute Gasteiger partial charge is 0.332 e. The average molecular weight is 245 g/mol. The van der Waals surface area contributed by atoms with E-state index < -0.39 is 23.8 Å². The van der Waals surface area contributed by atoms with Crippen LogP contribution >= 0.6 is 0 Å². The lowest BCUT2D eigenvalue weighted by Gasteiger charge is -2.27. The number of amides is 1. The zero-order valence-corrected chi connectivity index (χ0v) is 10.3. The number of aliphatic carboxylic acids is 1. The van der Waals surface area contributed by atoms with Gasteiger partial charge in [-0.15, -0.1) is 0 Å². The number of ether oxygens (including phenoxy) is 1. The van der Waals surface area contributed by atoms with Gasteiger partial charge in [0.25, 0.3) is 5.91 Å². The number of carbonyl (C=O) groups is 2. The van der Waals surface area contributed by atoms with Gasteiger partial charge in [0.05, 0.1) is 5.60 Å². The molecule has 0 spiro atoms. The summed E-state index contributed by atoms with van der Waals surface area (Å²) in [6.45, 7) is 3.39. The molecular formula is C11H19NO5. The van der Waals surface area contributed by atoms with Gasteiger partial charge < -0.3 is 19.8 Å². The number of hydrogen-bond acceptors (Lipinski definition) is 4. The Morgan fingerprint density at radius 1 is 1.35 bits per heavy atom. The molecule has 98 valence electrons. The number of nitrogens with zero attached hydrogens (tertiary/aromatic N) is 1. The molecule has 0 saturated carbocycles. The number of carbonyl (C=O) groups excluding carboxylic acids is 1. The van der Waals surface area contributed by atoms with Gasteiger partial charge in [-0.1, -0.05) is 0 Å². The maximum absolute atomic E-state index is 11.9. The third-order valence-electron chi connectivity index (χ3n) is 2.57. The Morgan fingerprint density at radius 2 is 1.88 bits per heavy atom. The third kappa shape index (κ3) is 3.98. The lowest BCUT2D eigenvalue weighted by atomic mass is 10.1. The van der Waals surface area contributed by atoms with E-state index in [4.69, 9.17) is 9.84 Å². The topological polar surface area (TPSA) is 87.1 Å². The van der Waals surface area contributed by atoms with Crippen LogP contribution in [0, 0.1) is 0 Å². The summed E-state index contributed by atoms with van der Waals surface area (Å²) in [4.78, 5) is 23.9. The van der Waals surface area contributed by atoms with Crippen molar-refractivity contribution in [1.82, 2.24) is 4.90 Å². The zero-order valence-electron chi connectivity index (χ0n) is 10.3. The van der Waals surface area contributed by atoms with E-state index in [0.717, 1.165) is 0 Å². The summed E-state index contributed by atoms with van der Waals surface area (Å²) in [7, 11) is 1.57. The summed E-state index contributed by atoms with van der Waals surface area (Å²) in [5, 5.41) is 18.3. The van der Waals surface area contributed by atoms with Gasteiger partial charge in [-0.3, -0.25) is 4.79 Å². The standard InChI is InChI=1S/C11H19NO5/c1-11(2,16)6-12(3)9(13)7-4-5-8(17-7)10(14)15/h7-8,16H,4-6H2,1-3H3,(H,14,15). The molecule has 2 N–H and O–H groups in total. The summed E-state index contributed by atoms with van der Waals surface area (Å²) in [6.07, 6.45) is -0.836. The van der Waals surface area contributed by atoms with Gasteiger partial charge in [0.1, 0.15) is 6.10 Å². The lowest BCUT2D eigenvalue weighted by Crippen LogP contribution is -2.44. The molecule has 0 bridgehead atoms. The summed E-state index contributed by atoms with van der Waals surface area (Å²) < 4.78 is 5.15. The normalized spacial score (nSPS) is 24.7. The maximum atomic E-state index is 11.9. The molecule has 1 rings (SSSR count). The summed E-state index contributed by atoms with van der Waals surface area (Å²) >= 11 is 0. The minimum atomic E-state index is -1.04.